The zero-order valence-corrected chi connectivity index (χ0v) is 12.1. The quantitative estimate of drug-likeness (QED) is 0.674. The topological polar surface area (TPSA) is 50.7 Å². The molecule has 0 heterocycles. The van der Waals surface area contributed by atoms with Crippen molar-refractivity contribution in [3.05, 3.63) is 29.8 Å². The molecule has 1 rings (SSSR count). The summed E-state index contributed by atoms with van der Waals surface area (Å²) in [6.45, 7) is 6.19. The van der Waals surface area contributed by atoms with Crippen molar-refractivity contribution in [2.75, 3.05) is 38.8 Å². The second-order valence-corrected chi connectivity index (χ2v) is 4.88. The molecule has 0 aromatic heterocycles. The van der Waals surface area contributed by atoms with Crippen molar-refractivity contribution in [1.82, 2.24) is 0 Å². The molecule has 0 aliphatic carbocycles. The van der Waals surface area contributed by atoms with Crippen molar-refractivity contribution in [1.29, 1.82) is 0 Å². The Labute approximate surface area is 115 Å². The van der Waals surface area contributed by atoms with E-state index in [1.54, 1.807) is 7.11 Å². The average Bonchev–Trinajstić information content (AvgIpc) is 2.41. The van der Waals surface area contributed by atoms with Crippen LogP contribution in [0.2, 0.25) is 0 Å². The summed E-state index contributed by atoms with van der Waals surface area (Å²) in [5.41, 5.74) is 2.32. The molecule has 1 unspecified atom stereocenters. The molecule has 0 aliphatic heterocycles. The van der Waals surface area contributed by atoms with Crippen LogP contribution in [-0.4, -0.2) is 44.7 Å². The Balaban J connectivity index is 2.29. The van der Waals surface area contributed by atoms with E-state index in [-0.39, 0.29) is 0 Å². The van der Waals surface area contributed by atoms with Crippen LogP contribution in [0.25, 0.3) is 0 Å². The molecular formula is C15H25NO3. The standard InChI is InChI=1S/C15H25NO3/c1-12(2)13-5-4-6-14(9-13)16-10-15(17)11-19-8-7-18-3/h4-6,9,12,15-17H,7-8,10-11H2,1-3H3. The van der Waals surface area contributed by atoms with Gasteiger partial charge in [-0.15, -0.1) is 0 Å². The third-order valence-corrected chi connectivity index (χ3v) is 2.84. The highest BCUT2D eigenvalue weighted by molar-refractivity contribution is 5.46. The van der Waals surface area contributed by atoms with E-state index in [0.29, 0.717) is 32.3 Å². The summed E-state index contributed by atoms with van der Waals surface area (Å²) in [6.07, 6.45) is -0.514. The van der Waals surface area contributed by atoms with E-state index >= 15 is 0 Å². The molecule has 0 fully saturated rings. The molecule has 1 atom stereocenters. The Hall–Kier alpha value is -1.10. The summed E-state index contributed by atoms with van der Waals surface area (Å²) in [4.78, 5) is 0. The number of nitrogens with one attached hydrogen (secondary N) is 1. The molecule has 0 aliphatic rings. The maximum absolute atomic E-state index is 9.76. The van der Waals surface area contributed by atoms with Gasteiger partial charge in [0, 0.05) is 19.3 Å². The van der Waals surface area contributed by atoms with E-state index in [0.717, 1.165) is 5.69 Å². The lowest BCUT2D eigenvalue weighted by molar-refractivity contribution is 0.0182. The zero-order valence-electron chi connectivity index (χ0n) is 12.1. The Kier molecular flexibility index (Phi) is 7.48. The van der Waals surface area contributed by atoms with E-state index in [2.05, 4.69) is 31.3 Å². The van der Waals surface area contributed by atoms with Gasteiger partial charge in [0.05, 0.1) is 25.9 Å². The number of aliphatic hydroxyl groups excluding tert-OH is 1. The molecule has 1 aromatic rings. The SMILES string of the molecule is COCCOCC(O)CNc1cccc(C(C)C)c1. The minimum Gasteiger partial charge on any atom is -0.389 e. The molecule has 2 N–H and O–H groups in total. The van der Waals surface area contributed by atoms with Crippen molar-refractivity contribution in [2.45, 2.75) is 25.9 Å². The minimum absolute atomic E-state index is 0.320. The van der Waals surface area contributed by atoms with Gasteiger partial charge in [0.1, 0.15) is 0 Å². The Bertz CT molecular complexity index is 355. The molecule has 4 nitrogen and oxygen atoms in total. The maximum atomic E-state index is 9.76. The van der Waals surface area contributed by atoms with Gasteiger partial charge in [0.15, 0.2) is 0 Å². The van der Waals surface area contributed by atoms with Crippen LogP contribution < -0.4 is 5.32 Å². The van der Waals surface area contributed by atoms with Crippen molar-refractivity contribution < 1.29 is 14.6 Å². The van der Waals surface area contributed by atoms with Crippen molar-refractivity contribution in [3.63, 3.8) is 0 Å². The van der Waals surface area contributed by atoms with Gasteiger partial charge in [-0.05, 0) is 23.6 Å². The smallest absolute Gasteiger partial charge is 0.0945 e. The van der Waals surface area contributed by atoms with Gasteiger partial charge in [0.25, 0.3) is 0 Å². The fourth-order valence-corrected chi connectivity index (χ4v) is 1.66. The lowest BCUT2D eigenvalue weighted by atomic mass is 10.0. The summed E-state index contributed by atoms with van der Waals surface area (Å²) in [5, 5.41) is 13.0. The first-order valence-electron chi connectivity index (χ1n) is 6.72. The Morgan fingerprint density at radius 3 is 2.74 bits per heavy atom. The first kappa shape index (κ1) is 16.0. The fourth-order valence-electron chi connectivity index (χ4n) is 1.66. The average molecular weight is 267 g/mol. The molecule has 0 spiro atoms. The van der Waals surface area contributed by atoms with E-state index in [1.165, 1.54) is 5.56 Å². The largest absolute Gasteiger partial charge is 0.389 e. The number of hydrogen-bond acceptors (Lipinski definition) is 4. The molecule has 19 heavy (non-hydrogen) atoms. The van der Waals surface area contributed by atoms with Crippen LogP contribution in [0.4, 0.5) is 5.69 Å². The van der Waals surface area contributed by atoms with Crippen LogP contribution in [0.3, 0.4) is 0 Å². The Morgan fingerprint density at radius 1 is 1.26 bits per heavy atom. The van der Waals surface area contributed by atoms with Gasteiger partial charge in [-0.2, -0.15) is 0 Å². The van der Waals surface area contributed by atoms with Gasteiger partial charge in [-0.25, -0.2) is 0 Å². The molecule has 0 saturated heterocycles. The fraction of sp³-hybridized carbons (Fsp3) is 0.600. The van der Waals surface area contributed by atoms with Crippen molar-refractivity contribution in [2.24, 2.45) is 0 Å². The van der Waals surface area contributed by atoms with Gasteiger partial charge >= 0.3 is 0 Å². The van der Waals surface area contributed by atoms with Crippen LogP contribution in [0.5, 0.6) is 0 Å². The lowest BCUT2D eigenvalue weighted by Gasteiger charge is -2.14. The number of aliphatic hydroxyl groups is 1. The van der Waals surface area contributed by atoms with Crippen LogP contribution in [-0.2, 0) is 9.47 Å². The highest BCUT2D eigenvalue weighted by atomic mass is 16.5. The highest BCUT2D eigenvalue weighted by Gasteiger charge is 2.05. The van der Waals surface area contributed by atoms with Crippen LogP contribution in [0.15, 0.2) is 24.3 Å². The third kappa shape index (κ3) is 6.57. The third-order valence-electron chi connectivity index (χ3n) is 2.84. The van der Waals surface area contributed by atoms with Crippen LogP contribution in [0.1, 0.15) is 25.3 Å². The molecule has 0 saturated carbocycles. The van der Waals surface area contributed by atoms with Gasteiger partial charge < -0.3 is 19.9 Å². The molecule has 108 valence electrons. The maximum Gasteiger partial charge on any atom is 0.0945 e. The lowest BCUT2D eigenvalue weighted by Crippen LogP contribution is -2.25. The highest BCUT2D eigenvalue weighted by Crippen LogP contribution is 2.18. The minimum atomic E-state index is -0.514. The molecule has 1 aromatic carbocycles. The second kappa shape index (κ2) is 8.91. The predicted octanol–water partition coefficient (Wildman–Crippen LogP) is 2.25. The molecular weight excluding hydrogens is 242 g/mol. The monoisotopic (exact) mass is 267 g/mol. The number of benzene rings is 1. The predicted molar refractivity (Wildman–Crippen MR) is 77.7 cm³/mol. The van der Waals surface area contributed by atoms with E-state index in [9.17, 15) is 5.11 Å². The molecule has 0 amide bonds. The van der Waals surface area contributed by atoms with Crippen LogP contribution in [0, 0.1) is 0 Å². The van der Waals surface area contributed by atoms with E-state index in [1.807, 2.05) is 12.1 Å². The van der Waals surface area contributed by atoms with Gasteiger partial charge in [-0.1, -0.05) is 26.0 Å². The van der Waals surface area contributed by atoms with Crippen molar-refractivity contribution >= 4 is 5.69 Å². The molecule has 4 heteroatoms. The Morgan fingerprint density at radius 2 is 2.05 bits per heavy atom. The number of rotatable bonds is 9. The molecule has 0 bridgehead atoms. The van der Waals surface area contributed by atoms with Gasteiger partial charge in [0.2, 0.25) is 0 Å². The summed E-state index contributed by atoms with van der Waals surface area (Å²) in [5.74, 6) is 0.504. The van der Waals surface area contributed by atoms with Crippen LogP contribution >= 0.6 is 0 Å². The molecule has 0 radical (unpaired) electrons. The summed E-state index contributed by atoms with van der Waals surface area (Å²) >= 11 is 0. The number of methoxy groups -OCH3 is 1. The summed E-state index contributed by atoms with van der Waals surface area (Å²) < 4.78 is 10.1. The number of ether oxygens (including phenoxy) is 2. The summed E-state index contributed by atoms with van der Waals surface area (Å²) in [6, 6.07) is 8.26. The first-order valence-corrected chi connectivity index (χ1v) is 6.72. The zero-order chi connectivity index (χ0) is 14.1. The van der Waals surface area contributed by atoms with Gasteiger partial charge in [-0.3, -0.25) is 0 Å². The first-order chi connectivity index (χ1) is 9.13. The summed E-state index contributed by atoms with van der Waals surface area (Å²) in [7, 11) is 1.63. The number of hydrogen-bond donors (Lipinski definition) is 2. The van der Waals surface area contributed by atoms with E-state index < -0.39 is 6.10 Å². The van der Waals surface area contributed by atoms with E-state index in [4.69, 9.17) is 9.47 Å². The normalized spacial score (nSPS) is 12.7. The number of anilines is 1. The second-order valence-electron chi connectivity index (χ2n) is 4.88. The van der Waals surface area contributed by atoms with Crippen molar-refractivity contribution in [3.8, 4) is 0 Å².